The molecule has 0 spiro atoms. The van der Waals surface area contributed by atoms with Crippen molar-refractivity contribution in [1.29, 1.82) is 0 Å². The molecule has 3 heteroatoms. The molecular formula is C3H4FNO. The molecule has 0 unspecified atom stereocenters. The summed E-state index contributed by atoms with van der Waals surface area (Å²) in [6.07, 6.45) is 1.32. The third-order valence-corrected chi connectivity index (χ3v) is 0.516. The minimum atomic E-state index is -0.532. The van der Waals surface area contributed by atoms with E-state index in [0.29, 0.717) is 6.54 Å². The van der Waals surface area contributed by atoms with Crippen LogP contribution in [0, 0.1) is 0 Å². The topological polar surface area (TPSA) is 21.3 Å². The Morgan fingerprint density at radius 1 is 2.00 bits per heavy atom. The molecule has 2 nitrogen and oxygen atoms in total. The van der Waals surface area contributed by atoms with Crippen molar-refractivity contribution >= 4 is 0 Å². The van der Waals surface area contributed by atoms with Gasteiger partial charge in [0.25, 0.3) is 6.01 Å². The van der Waals surface area contributed by atoms with Gasteiger partial charge in [-0.2, -0.15) is 4.39 Å². The maximum atomic E-state index is 11.5. The Morgan fingerprint density at radius 3 is 3.00 bits per heavy atom. The van der Waals surface area contributed by atoms with E-state index in [1.807, 2.05) is 0 Å². The zero-order valence-corrected chi connectivity index (χ0v) is 3.07. The summed E-state index contributed by atoms with van der Waals surface area (Å²) in [7, 11) is 0. The molecule has 0 aliphatic carbocycles. The van der Waals surface area contributed by atoms with Crippen LogP contribution < -0.4 is 5.48 Å². The van der Waals surface area contributed by atoms with Gasteiger partial charge in [0.05, 0.1) is 6.54 Å². The molecule has 0 saturated carbocycles. The van der Waals surface area contributed by atoms with E-state index in [0.717, 1.165) is 0 Å². The molecule has 1 aliphatic heterocycles. The van der Waals surface area contributed by atoms with E-state index in [-0.39, 0.29) is 0 Å². The summed E-state index contributed by atoms with van der Waals surface area (Å²) in [6.45, 7) is 0.478. The van der Waals surface area contributed by atoms with Gasteiger partial charge in [0.1, 0.15) is 0 Å². The van der Waals surface area contributed by atoms with E-state index in [9.17, 15) is 4.39 Å². The highest BCUT2D eigenvalue weighted by atomic mass is 19.1. The van der Waals surface area contributed by atoms with Crippen LogP contribution in [0.4, 0.5) is 4.39 Å². The standard InChI is InChI=1S/C3H4FNO/c4-3-1-2-5-6-3/h1,5H,2H2. The fourth-order valence-electron chi connectivity index (χ4n) is 0.274. The molecule has 0 aromatic carbocycles. The van der Waals surface area contributed by atoms with Gasteiger partial charge in [0.15, 0.2) is 0 Å². The molecule has 6 heavy (non-hydrogen) atoms. The van der Waals surface area contributed by atoms with Crippen LogP contribution in [0.3, 0.4) is 0 Å². The van der Waals surface area contributed by atoms with Gasteiger partial charge in [-0.1, -0.05) is 0 Å². The first-order chi connectivity index (χ1) is 2.89. The van der Waals surface area contributed by atoms with Crippen molar-refractivity contribution in [3.8, 4) is 0 Å². The summed E-state index contributed by atoms with van der Waals surface area (Å²) in [5.41, 5.74) is 2.30. The molecule has 0 radical (unpaired) electrons. The summed E-state index contributed by atoms with van der Waals surface area (Å²) in [5.74, 6) is 0. The molecule has 0 aromatic rings. The highest BCUT2D eigenvalue weighted by Gasteiger charge is 1.98. The molecule has 0 saturated heterocycles. The maximum absolute atomic E-state index is 11.5. The van der Waals surface area contributed by atoms with E-state index in [4.69, 9.17) is 0 Å². The summed E-state index contributed by atoms with van der Waals surface area (Å²) >= 11 is 0. The van der Waals surface area contributed by atoms with Crippen LogP contribution in [-0.2, 0) is 4.84 Å². The van der Waals surface area contributed by atoms with Gasteiger partial charge in [-0.25, -0.2) is 0 Å². The minimum absolute atomic E-state index is 0.478. The molecule has 0 bridgehead atoms. The molecule has 0 amide bonds. The Kier molecular flexibility index (Phi) is 0.759. The second-order valence-electron chi connectivity index (χ2n) is 0.959. The van der Waals surface area contributed by atoms with Gasteiger partial charge in [0.2, 0.25) is 0 Å². The van der Waals surface area contributed by atoms with Crippen molar-refractivity contribution in [3.63, 3.8) is 0 Å². The molecule has 0 atom stereocenters. The second kappa shape index (κ2) is 1.26. The largest absolute Gasteiger partial charge is 0.378 e. The first-order valence-corrected chi connectivity index (χ1v) is 1.65. The number of hydrogen-bond acceptors (Lipinski definition) is 2. The Balaban J connectivity index is 2.45. The molecule has 34 valence electrons. The fourth-order valence-corrected chi connectivity index (χ4v) is 0.274. The van der Waals surface area contributed by atoms with Crippen molar-refractivity contribution in [2.75, 3.05) is 6.54 Å². The molecule has 1 aliphatic rings. The van der Waals surface area contributed by atoms with Gasteiger partial charge in [-0.3, -0.25) is 0 Å². The van der Waals surface area contributed by atoms with Gasteiger partial charge in [0, 0.05) is 6.08 Å². The van der Waals surface area contributed by atoms with Crippen LogP contribution >= 0.6 is 0 Å². The monoisotopic (exact) mass is 89.0 g/mol. The first-order valence-electron chi connectivity index (χ1n) is 1.65. The van der Waals surface area contributed by atoms with Crippen LogP contribution in [0.25, 0.3) is 0 Å². The SMILES string of the molecule is FC1=CCNO1. The predicted molar refractivity (Wildman–Crippen MR) is 18.3 cm³/mol. The Hall–Kier alpha value is -0.570. The lowest BCUT2D eigenvalue weighted by Gasteiger charge is -1.86. The fraction of sp³-hybridized carbons (Fsp3) is 0.333. The highest BCUT2D eigenvalue weighted by Crippen LogP contribution is 1.98. The Morgan fingerprint density at radius 2 is 2.83 bits per heavy atom. The number of halogens is 1. The molecule has 1 rings (SSSR count). The Bertz CT molecular complexity index is 80.9. The van der Waals surface area contributed by atoms with Crippen LogP contribution in [0.2, 0.25) is 0 Å². The van der Waals surface area contributed by atoms with Crippen LogP contribution in [0.15, 0.2) is 12.1 Å². The lowest BCUT2D eigenvalue weighted by Crippen LogP contribution is -2.03. The summed E-state index contributed by atoms with van der Waals surface area (Å²) in [4.78, 5) is 4.10. The van der Waals surface area contributed by atoms with Crippen molar-refractivity contribution in [3.05, 3.63) is 12.1 Å². The summed E-state index contributed by atoms with van der Waals surface area (Å²) in [6, 6.07) is -0.532. The van der Waals surface area contributed by atoms with Gasteiger partial charge in [-0.15, -0.1) is 5.48 Å². The molecule has 1 heterocycles. The predicted octanol–water partition coefficient (Wildman–Crippen LogP) is 0.332. The number of rotatable bonds is 0. The molecule has 0 aromatic heterocycles. The molecule has 0 fully saturated rings. The summed E-state index contributed by atoms with van der Waals surface area (Å²) in [5, 5.41) is 0. The smallest absolute Gasteiger partial charge is 0.291 e. The van der Waals surface area contributed by atoms with E-state index in [2.05, 4.69) is 10.3 Å². The van der Waals surface area contributed by atoms with Gasteiger partial charge in [-0.05, 0) is 0 Å². The first kappa shape index (κ1) is 3.61. The van der Waals surface area contributed by atoms with Crippen LogP contribution in [0.1, 0.15) is 0 Å². The van der Waals surface area contributed by atoms with Crippen LogP contribution in [0.5, 0.6) is 0 Å². The van der Waals surface area contributed by atoms with Crippen LogP contribution in [-0.4, -0.2) is 6.54 Å². The van der Waals surface area contributed by atoms with E-state index >= 15 is 0 Å². The highest BCUT2D eigenvalue weighted by molar-refractivity contribution is 4.86. The van der Waals surface area contributed by atoms with Gasteiger partial charge >= 0.3 is 0 Å². The number of hydroxylamine groups is 1. The van der Waals surface area contributed by atoms with Crippen molar-refractivity contribution < 1.29 is 9.23 Å². The molecule has 1 N–H and O–H groups in total. The van der Waals surface area contributed by atoms with E-state index in [1.54, 1.807) is 0 Å². The van der Waals surface area contributed by atoms with Crippen molar-refractivity contribution in [1.82, 2.24) is 5.48 Å². The second-order valence-corrected chi connectivity index (χ2v) is 0.959. The lowest BCUT2D eigenvalue weighted by molar-refractivity contribution is 0.0895. The zero-order chi connectivity index (χ0) is 4.41. The normalized spacial score (nSPS) is 19.8. The minimum Gasteiger partial charge on any atom is -0.378 e. The van der Waals surface area contributed by atoms with Crippen molar-refractivity contribution in [2.45, 2.75) is 0 Å². The Labute approximate surface area is 34.6 Å². The average molecular weight is 89.1 g/mol. The lowest BCUT2D eigenvalue weighted by atomic mass is 10.6. The molecular weight excluding hydrogens is 85.0 g/mol. The quantitative estimate of drug-likeness (QED) is 0.461. The van der Waals surface area contributed by atoms with Crippen molar-refractivity contribution in [2.24, 2.45) is 0 Å². The third-order valence-electron chi connectivity index (χ3n) is 0.516. The third kappa shape index (κ3) is 0.490. The number of nitrogens with one attached hydrogen (secondary N) is 1. The van der Waals surface area contributed by atoms with E-state index < -0.39 is 6.01 Å². The van der Waals surface area contributed by atoms with Gasteiger partial charge < -0.3 is 4.84 Å². The summed E-state index contributed by atoms with van der Waals surface area (Å²) < 4.78 is 11.5. The zero-order valence-electron chi connectivity index (χ0n) is 3.07. The number of hydrogen-bond donors (Lipinski definition) is 1. The van der Waals surface area contributed by atoms with E-state index in [1.165, 1.54) is 6.08 Å². The maximum Gasteiger partial charge on any atom is 0.291 e. The average Bonchev–Trinajstić information content (AvgIpc) is 1.86.